The van der Waals surface area contributed by atoms with E-state index in [1.807, 2.05) is 0 Å². The van der Waals surface area contributed by atoms with E-state index in [9.17, 15) is 18.8 Å². The molecule has 13 heteroatoms. The van der Waals surface area contributed by atoms with Gasteiger partial charge < -0.3 is 20.9 Å². The average molecular weight is 503 g/mol. The van der Waals surface area contributed by atoms with Crippen LogP contribution in [0.2, 0.25) is 0 Å². The third-order valence-corrected chi connectivity index (χ3v) is 6.37. The highest BCUT2D eigenvalue weighted by Crippen LogP contribution is 2.31. The third-order valence-electron chi connectivity index (χ3n) is 6.37. The number of nitrogens with zero attached hydrogens (tertiary/aromatic N) is 6. The number of halogens is 1. The van der Waals surface area contributed by atoms with Crippen molar-refractivity contribution in [2.45, 2.75) is 24.9 Å². The Bertz CT molecular complexity index is 1600. The lowest BCUT2D eigenvalue weighted by molar-refractivity contribution is -0.144. The summed E-state index contributed by atoms with van der Waals surface area (Å²) in [5, 5.41) is 13.0. The first kappa shape index (κ1) is 22.6. The average Bonchev–Trinajstić information content (AvgIpc) is 3.64. The molecular weight excluding hydrogens is 481 g/mol. The van der Waals surface area contributed by atoms with Crippen molar-refractivity contribution in [2.24, 2.45) is 0 Å². The molecule has 1 saturated heterocycles. The van der Waals surface area contributed by atoms with Crippen molar-refractivity contribution in [3.8, 4) is 5.82 Å². The number of anilines is 3. The van der Waals surface area contributed by atoms with E-state index in [4.69, 9.17) is 0 Å². The van der Waals surface area contributed by atoms with Crippen molar-refractivity contribution >= 4 is 34.7 Å². The second kappa shape index (κ2) is 8.69. The molecule has 2 aliphatic rings. The zero-order valence-electron chi connectivity index (χ0n) is 19.7. The van der Waals surface area contributed by atoms with Gasteiger partial charge in [0.1, 0.15) is 23.4 Å². The number of imidazole rings is 1. The Kier molecular flexibility index (Phi) is 5.32. The maximum absolute atomic E-state index is 14.4. The van der Waals surface area contributed by atoms with E-state index in [2.05, 4.69) is 31.0 Å². The zero-order chi connectivity index (χ0) is 25.7. The largest absolute Gasteiger partial charge is 0.385 e. The molecule has 37 heavy (non-hydrogen) atoms. The number of pyridine rings is 2. The Morgan fingerprint density at radius 1 is 1.14 bits per heavy atom. The van der Waals surface area contributed by atoms with Gasteiger partial charge in [-0.3, -0.25) is 19.0 Å². The van der Waals surface area contributed by atoms with E-state index in [1.54, 1.807) is 36.2 Å². The van der Waals surface area contributed by atoms with Gasteiger partial charge in [-0.15, -0.1) is 5.10 Å². The Morgan fingerprint density at radius 2 is 1.97 bits per heavy atom. The van der Waals surface area contributed by atoms with E-state index in [0.717, 1.165) is 29.7 Å². The van der Waals surface area contributed by atoms with Crippen LogP contribution in [0, 0.1) is 5.82 Å². The van der Waals surface area contributed by atoms with Crippen LogP contribution in [0.3, 0.4) is 0 Å². The van der Waals surface area contributed by atoms with Crippen molar-refractivity contribution in [3.63, 3.8) is 0 Å². The highest BCUT2D eigenvalue weighted by molar-refractivity contribution is 5.99. The number of rotatable bonds is 7. The summed E-state index contributed by atoms with van der Waals surface area (Å²) in [4.78, 5) is 48.6. The van der Waals surface area contributed by atoms with Gasteiger partial charge in [-0.25, -0.2) is 18.9 Å². The lowest BCUT2D eigenvalue weighted by Gasteiger charge is -2.38. The predicted molar refractivity (Wildman–Crippen MR) is 132 cm³/mol. The first-order valence-corrected chi connectivity index (χ1v) is 11.7. The van der Waals surface area contributed by atoms with Gasteiger partial charge in [0.2, 0.25) is 5.91 Å². The number of likely N-dealkylation sites (tertiary alicyclic amines) is 1. The molecule has 6 rings (SSSR count). The van der Waals surface area contributed by atoms with Crippen LogP contribution in [0.15, 0.2) is 53.7 Å². The highest BCUT2D eigenvalue weighted by atomic mass is 19.1. The van der Waals surface area contributed by atoms with Crippen LogP contribution in [-0.2, 0) is 4.79 Å². The van der Waals surface area contributed by atoms with Gasteiger partial charge in [-0.05, 0) is 25.0 Å². The zero-order valence-corrected chi connectivity index (χ0v) is 19.7. The number of nitrogens with one attached hydrogen (secondary N) is 3. The minimum absolute atomic E-state index is 0.0779. The highest BCUT2D eigenvalue weighted by Gasteiger charge is 2.45. The van der Waals surface area contributed by atoms with Crippen LogP contribution in [-0.4, -0.2) is 66.5 Å². The van der Waals surface area contributed by atoms with E-state index >= 15 is 0 Å². The number of carbonyl (C=O) groups is 2. The second-order valence-corrected chi connectivity index (χ2v) is 8.88. The van der Waals surface area contributed by atoms with E-state index in [-0.39, 0.29) is 28.9 Å². The smallest absolute Gasteiger partial charge is 0.280 e. The number of carbonyl (C=O) groups excluding carboxylic acids is 2. The molecule has 0 radical (unpaired) electrons. The van der Waals surface area contributed by atoms with Gasteiger partial charge in [0.15, 0.2) is 17.2 Å². The molecule has 0 bridgehead atoms. The topological polar surface area (TPSA) is 139 Å². The maximum atomic E-state index is 14.4. The van der Waals surface area contributed by atoms with E-state index in [0.29, 0.717) is 23.9 Å². The van der Waals surface area contributed by atoms with Crippen molar-refractivity contribution in [3.05, 3.63) is 70.8 Å². The van der Waals surface area contributed by atoms with Gasteiger partial charge in [-0.2, -0.15) is 0 Å². The molecular formula is C24H22FN9O3. The fourth-order valence-corrected chi connectivity index (χ4v) is 4.32. The number of β-lactam (4-membered cyclic amide) rings is 1. The summed E-state index contributed by atoms with van der Waals surface area (Å²) in [6, 6.07) is 7.32. The lowest BCUT2D eigenvalue weighted by Crippen LogP contribution is -2.64. The molecule has 1 saturated carbocycles. The standard InChI is InChI=1S/C24H22FN9O3/c1-26-15-9-19(29-16-8-13(25)11-33(23(16)36)20-4-2-3-7-27-20)31-34-18(10-28-21(15)34)22(35)30-17-12-32(24(17)37)14-5-6-14/h2-4,7-11,14,17,26H,5-6,12H2,1H3,(H,29,31)(H,30,35)/t17-/m1/s1. The van der Waals surface area contributed by atoms with Gasteiger partial charge in [0.05, 0.1) is 18.4 Å². The molecule has 0 aromatic carbocycles. The van der Waals surface area contributed by atoms with Crippen molar-refractivity contribution in [2.75, 3.05) is 24.2 Å². The van der Waals surface area contributed by atoms with E-state index < -0.39 is 23.3 Å². The van der Waals surface area contributed by atoms with Crippen LogP contribution < -0.4 is 21.5 Å². The summed E-state index contributed by atoms with van der Waals surface area (Å²) in [5.41, 5.74) is 0.365. The van der Waals surface area contributed by atoms with Crippen LogP contribution >= 0.6 is 0 Å². The molecule has 4 aromatic heterocycles. The molecule has 2 amide bonds. The molecule has 12 nitrogen and oxygen atoms in total. The van der Waals surface area contributed by atoms with Crippen LogP contribution in [0.25, 0.3) is 11.5 Å². The van der Waals surface area contributed by atoms with Crippen molar-refractivity contribution < 1.29 is 14.0 Å². The molecule has 1 atom stereocenters. The molecule has 3 N–H and O–H groups in total. The Labute approximate surface area is 209 Å². The molecule has 5 heterocycles. The fourth-order valence-electron chi connectivity index (χ4n) is 4.32. The minimum atomic E-state index is -0.657. The summed E-state index contributed by atoms with van der Waals surface area (Å²) >= 11 is 0. The molecule has 1 aliphatic heterocycles. The first-order chi connectivity index (χ1) is 17.9. The SMILES string of the molecule is CNc1cc(Nc2cc(F)cn(-c3ccccn3)c2=O)nn2c(C(=O)N[C@@H]3CN(C4CC4)C3=O)cnc12. The van der Waals surface area contributed by atoms with Gasteiger partial charge in [0, 0.05) is 37.6 Å². The molecule has 4 aromatic rings. The molecule has 0 spiro atoms. The second-order valence-electron chi connectivity index (χ2n) is 8.88. The fraction of sp³-hybridized carbons (Fsp3) is 0.250. The normalized spacial score (nSPS) is 17.0. The monoisotopic (exact) mass is 503 g/mol. The quantitative estimate of drug-likeness (QED) is 0.321. The van der Waals surface area contributed by atoms with Gasteiger partial charge >= 0.3 is 0 Å². The molecule has 188 valence electrons. The van der Waals surface area contributed by atoms with Crippen molar-refractivity contribution in [1.29, 1.82) is 0 Å². The van der Waals surface area contributed by atoms with E-state index in [1.165, 1.54) is 16.9 Å². The number of aromatic nitrogens is 5. The number of fused-ring (bicyclic) bond motifs is 1. The van der Waals surface area contributed by atoms with Crippen LogP contribution in [0.5, 0.6) is 0 Å². The van der Waals surface area contributed by atoms with Crippen LogP contribution in [0.4, 0.5) is 21.6 Å². The summed E-state index contributed by atoms with van der Waals surface area (Å²) in [6.07, 6.45) is 5.92. The minimum Gasteiger partial charge on any atom is -0.385 e. The molecule has 1 aliphatic carbocycles. The summed E-state index contributed by atoms with van der Waals surface area (Å²) in [6.45, 7) is 0.482. The molecule has 2 fully saturated rings. The van der Waals surface area contributed by atoms with Crippen molar-refractivity contribution in [1.82, 2.24) is 34.4 Å². The predicted octanol–water partition coefficient (Wildman–Crippen LogP) is 1.30. The Balaban J connectivity index is 1.31. The number of hydrogen-bond donors (Lipinski definition) is 3. The number of hydrogen-bond acceptors (Lipinski definition) is 8. The first-order valence-electron chi connectivity index (χ1n) is 11.7. The molecule has 0 unspecified atom stereocenters. The Hall–Kier alpha value is -4.81. The van der Waals surface area contributed by atoms with Gasteiger partial charge in [0.25, 0.3) is 11.5 Å². The third kappa shape index (κ3) is 4.03. The Morgan fingerprint density at radius 3 is 2.68 bits per heavy atom. The number of amides is 2. The lowest BCUT2D eigenvalue weighted by atomic mass is 10.1. The summed E-state index contributed by atoms with van der Waals surface area (Å²) in [7, 11) is 1.67. The maximum Gasteiger partial charge on any atom is 0.280 e. The van der Waals surface area contributed by atoms with Gasteiger partial charge in [-0.1, -0.05) is 6.07 Å². The summed E-state index contributed by atoms with van der Waals surface area (Å²) in [5.74, 6) is -0.828. The van der Waals surface area contributed by atoms with Crippen LogP contribution in [0.1, 0.15) is 23.3 Å². The summed E-state index contributed by atoms with van der Waals surface area (Å²) < 4.78 is 16.8.